The molecule has 1 heterocycles. The summed E-state index contributed by atoms with van der Waals surface area (Å²) in [6.45, 7) is 4.35. The molecule has 100 valence electrons. The van der Waals surface area contributed by atoms with E-state index in [0.717, 1.165) is 12.0 Å². The van der Waals surface area contributed by atoms with Gasteiger partial charge in [-0.1, -0.05) is 20.3 Å². The molecule has 0 aliphatic rings. The molecule has 0 unspecified atom stereocenters. The maximum atomic E-state index is 11.1. The molecular weight excluding hydrogens is 232 g/mol. The minimum atomic E-state index is -0.822. The fourth-order valence-corrected chi connectivity index (χ4v) is 1.57. The first-order valence-electron chi connectivity index (χ1n) is 6.03. The number of anilines is 1. The first kappa shape index (κ1) is 14.4. The minimum absolute atomic E-state index is 0.0833. The molecule has 0 aliphatic carbocycles. The van der Waals surface area contributed by atoms with Crippen LogP contribution in [0.1, 0.15) is 25.8 Å². The van der Waals surface area contributed by atoms with Gasteiger partial charge in [-0.25, -0.2) is 9.97 Å². The lowest BCUT2D eigenvalue weighted by molar-refractivity contribution is -0.140. The van der Waals surface area contributed by atoms with Crippen molar-refractivity contribution in [1.82, 2.24) is 15.3 Å². The van der Waals surface area contributed by atoms with Crippen molar-refractivity contribution in [3.8, 4) is 0 Å². The highest BCUT2D eigenvalue weighted by molar-refractivity contribution is 5.73. The molecule has 3 N–H and O–H groups in total. The number of nitrogens with one attached hydrogen (secondary N) is 2. The third-order valence-corrected chi connectivity index (χ3v) is 2.93. The first-order chi connectivity index (χ1) is 8.58. The number of rotatable bonds is 7. The molecule has 6 heteroatoms. The standard InChI is InChI=1S/C12H20N4O2/c1-4-8(2)10(11(17)18)14-5-9-6-15-12(13-3)16-7-9/h6-8,10,14H,4-5H2,1-3H3,(H,17,18)(H,13,15,16)/t8-,10+/m0/s1. The second-order valence-electron chi connectivity index (χ2n) is 4.25. The lowest BCUT2D eigenvalue weighted by atomic mass is 9.99. The van der Waals surface area contributed by atoms with Crippen LogP contribution < -0.4 is 10.6 Å². The second-order valence-corrected chi connectivity index (χ2v) is 4.25. The highest BCUT2D eigenvalue weighted by atomic mass is 16.4. The van der Waals surface area contributed by atoms with Gasteiger partial charge in [-0.2, -0.15) is 0 Å². The Labute approximate surface area is 107 Å². The molecule has 1 aromatic heterocycles. The summed E-state index contributed by atoms with van der Waals surface area (Å²) >= 11 is 0. The molecule has 0 saturated carbocycles. The van der Waals surface area contributed by atoms with Gasteiger partial charge in [-0.3, -0.25) is 10.1 Å². The van der Waals surface area contributed by atoms with Crippen LogP contribution in [0, 0.1) is 5.92 Å². The topological polar surface area (TPSA) is 87.1 Å². The van der Waals surface area contributed by atoms with Gasteiger partial charge in [0, 0.05) is 31.5 Å². The molecule has 18 heavy (non-hydrogen) atoms. The number of hydrogen-bond acceptors (Lipinski definition) is 5. The number of aliphatic carboxylic acids is 1. The third-order valence-electron chi connectivity index (χ3n) is 2.93. The third kappa shape index (κ3) is 3.96. The molecule has 0 spiro atoms. The average molecular weight is 252 g/mol. The number of carboxylic acids is 1. The molecular formula is C12H20N4O2. The summed E-state index contributed by atoms with van der Waals surface area (Å²) < 4.78 is 0. The van der Waals surface area contributed by atoms with Crippen LogP contribution in [-0.2, 0) is 11.3 Å². The van der Waals surface area contributed by atoms with Crippen molar-refractivity contribution in [2.45, 2.75) is 32.9 Å². The summed E-state index contributed by atoms with van der Waals surface area (Å²) in [6.07, 6.45) is 4.18. The van der Waals surface area contributed by atoms with Gasteiger partial charge in [0.2, 0.25) is 5.95 Å². The minimum Gasteiger partial charge on any atom is -0.480 e. The smallest absolute Gasteiger partial charge is 0.320 e. The maximum absolute atomic E-state index is 11.1. The number of nitrogens with zero attached hydrogens (tertiary/aromatic N) is 2. The molecule has 0 saturated heterocycles. The normalized spacial score (nSPS) is 13.9. The Morgan fingerprint density at radius 2 is 2.06 bits per heavy atom. The molecule has 0 amide bonds. The van der Waals surface area contributed by atoms with Crippen molar-refractivity contribution in [3.05, 3.63) is 18.0 Å². The lowest BCUT2D eigenvalue weighted by Crippen LogP contribution is -2.41. The van der Waals surface area contributed by atoms with Crippen LogP contribution in [0.2, 0.25) is 0 Å². The molecule has 0 aliphatic heterocycles. The Kier molecular flexibility index (Phi) is 5.51. The van der Waals surface area contributed by atoms with Gasteiger partial charge in [0.25, 0.3) is 0 Å². The van der Waals surface area contributed by atoms with Crippen LogP contribution in [0.3, 0.4) is 0 Å². The highest BCUT2D eigenvalue weighted by Crippen LogP contribution is 2.09. The van der Waals surface area contributed by atoms with E-state index in [9.17, 15) is 4.79 Å². The highest BCUT2D eigenvalue weighted by Gasteiger charge is 2.22. The van der Waals surface area contributed by atoms with Gasteiger partial charge in [0.05, 0.1) is 0 Å². The molecule has 6 nitrogen and oxygen atoms in total. The number of aromatic nitrogens is 2. The van der Waals surface area contributed by atoms with E-state index in [0.29, 0.717) is 12.5 Å². The van der Waals surface area contributed by atoms with Gasteiger partial charge in [-0.05, 0) is 5.92 Å². The zero-order valence-electron chi connectivity index (χ0n) is 11.0. The van der Waals surface area contributed by atoms with E-state index >= 15 is 0 Å². The zero-order chi connectivity index (χ0) is 13.5. The molecule has 2 atom stereocenters. The maximum Gasteiger partial charge on any atom is 0.320 e. The summed E-state index contributed by atoms with van der Waals surface area (Å²) in [5.41, 5.74) is 0.864. The fraction of sp³-hybridized carbons (Fsp3) is 0.583. The van der Waals surface area contributed by atoms with E-state index in [4.69, 9.17) is 5.11 Å². The van der Waals surface area contributed by atoms with Crippen molar-refractivity contribution in [2.24, 2.45) is 5.92 Å². The van der Waals surface area contributed by atoms with Gasteiger partial charge in [0.15, 0.2) is 0 Å². The quantitative estimate of drug-likeness (QED) is 0.674. The summed E-state index contributed by atoms with van der Waals surface area (Å²) in [5.74, 6) is -0.187. The Hall–Kier alpha value is -1.69. The van der Waals surface area contributed by atoms with Crippen molar-refractivity contribution in [1.29, 1.82) is 0 Å². The predicted molar refractivity (Wildman–Crippen MR) is 69.3 cm³/mol. The van der Waals surface area contributed by atoms with E-state index in [-0.39, 0.29) is 5.92 Å². The molecule has 0 fully saturated rings. The van der Waals surface area contributed by atoms with Gasteiger partial charge < -0.3 is 10.4 Å². The van der Waals surface area contributed by atoms with Gasteiger partial charge >= 0.3 is 5.97 Å². The number of carboxylic acid groups (broad SMARTS) is 1. The van der Waals surface area contributed by atoms with Crippen molar-refractivity contribution < 1.29 is 9.90 Å². The van der Waals surface area contributed by atoms with Crippen molar-refractivity contribution in [3.63, 3.8) is 0 Å². The Morgan fingerprint density at radius 1 is 1.44 bits per heavy atom. The fourth-order valence-electron chi connectivity index (χ4n) is 1.57. The Bertz CT molecular complexity index is 380. The average Bonchev–Trinajstić information content (AvgIpc) is 2.39. The molecule has 0 radical (unpaired) electrons. The molecule has 1 rings (SSSR count). The molecule has 0 bridgehead atoms. The monoisotopic (exact) mass is 252 g/mol. The van der Waals surface area contributed by atoms with Crippen LogP contribution in [0.15, 0.2) is 12.4 Å². The number of carbonyl (C=O) groups is 1. The van der Waals surface area contributed by atoms with Crippen LogP contribution in [-0.4, -0.2) is 34.1 Å². The largest absolute Gasteiger partial charge is 0.480 e. The Morgan fingerprint density at radius 3 is 2.50 bits per heavy atom. The van der Waals surface area contributed by atoms with E-state index < -0.39 is 12.0 Å². The second kappa shape index (κ2) is 6.90. The summed E-state index contributed by atoms with van der Waals surface area (Å²) in [6, 6.07) is -0.543. The zero-order valence-corrected chi connectivity index (χ0v) is 11.0. The van der Waals surface area contributed by atoms with Crippen molar-refractivity contribution >= 4 is 11.9 Å². The Balaban J connectivity index is 2.58. The summed E-state index contributed by atoms with van der Waals surface area (Å²) in [4.78, 5) is 19.3. The number of hydrogen-bond donors (Lipinski definition) is 3. The van der Waals surface area contributed by atoms with Gasteiger partial charge in [-0.15, -0.1) is 0 Å². The van der Waals surface area contributed by atoms with Crippen LogP contribution in [0.25, 0.3) is 0 Å². The molecule has 1 aromatic rings. The first-order valence-corrected chi connectivity index (χ1v) is 6.03. The van der Waals surface area contributed by atoms with Crippen LogP contribution >= 0.6 is 0 Å². The summed E-state index contributed by atoms with van der Waals surface area (Å²) in [7, 11) is 1.75. The lowest BCUT2D eigenvalue weighted by Gasteiger charge is -2.20. The van der Waals surface area contributed by atoms with E-state index in [1.54, 1.807) is 19.4 Å². The van der Waals surface area contributed by atoms with E-state index in [2.05, 4.69) is 20.6 Å². The van der Waals surface area contributed by atoms with E-state index in [1.807, 2.05) is 13.8 Å². The van der Waals surface area contributed by atoms with Crippen LogP contribution in [0.5, 0.6) is 0 Å². The SMILES string of the molecule is CC[C@H](C)[C@@H](NCc1cnc(NC)nc1)C(=O)O. The van der Waals surface area contributed by atoms with Crippen LogP contribution in [0.4, 0.5) is 5.95 Å². The summed E-state index contributed by atoms with van der Waals surface area (Å²) in [5, 5.41) is 15.0. The molecule has 0 aromatic carbocycles. The predicted octanol–water partition coefficient (Wildman–Crippen LogP) is 1.11. The van der Waals surface area contributed by atoms with Gasteiger partial charge in [0.1, 0.15) is 6.04 Å². The van der Waals surface area contributed by atoms with Crippen molar-refractivity contribution in [2.75, 3.05) is 12.4 Å². The van der Waals surface area contributed by atoms with E-state index in [1.165, 1.54) is 0 Å².